The molecular formula is C17H11Cl3N4O. The highest BCUT2D eigenvalue weighted by atomic mass is 35.5. The number of hydrogen-bond acceptors (Lipinski definition) is 5. The zero-order valence-electron chi connectivity index (χ0n) is 12.7. The molecule has 0 unspecified atom stereocenters. The lowest BCUT2D eigenvalue weighted by atomic mass is 10.3. The van der Waals surface area contributed by atoms with Gasteiger partial charge in [-0.2, -0.15) is 15.0 Å². The van der Waals surface area contributed by atoms with Crippen LogP contribution in [0.3, 0.4) is 0 Å². The molecule has 1 N–H and O–H groups in total. The molecule has 0 spiro atoms. The number of para-hydroxylation sites is 2. The Hall–Kier alpha value is -2.34. The summed E-state index contributed by atoms with van der Waals surface area (Å²) in [6.45, 7) is 0. The smallest absolute Gasteiger partial charge is 0.232 e. The average molecular weight is 394 g/mol. The number of nitrogens with zero attached hydrogens (tertiary/aromatic N) is 3. The van der Waals surface area contributed by atoms with Crippen molar-refractivity contribution in [3.63, 3.8) is 0 Å². The number of benzene rings is 2. The minimum atomic E-state index is 0.0227. The van der Waals surface area contributed by atoms with Crippen molar-refractivity contribution >= 4 is 57.4 Å². The van der Waals surface area contributed by atoms with E-state index >= 15 is 0 Å². The summed E-state index contributed by atoms with van der Waals surface area (Å²) in [5.41, 5.74) is 1.63. The van der Waals surface area contributed by atoms with Crippen LogP contribution in [0.4, 0.5) is 11.6 Å². The Morgan fingerprint density at radius 2 is 1.44 bits per heavy atom. The second-order valence-electron chi connectivity index (χ2n) is 4.76. The molecule has 5 nitrogen and oxygen atoms in total. The Morgan fingerprint density at radius 1 is 0.760 bits per heavy atom. The van der Waals surface area contributed by atoms with Crippen molar-refractivity contribution in [2.24, 2.45) is 0 Å². The molecule has 0 saturated carbocycles. The maximum Gasteiger partial charge on any atom is 0.232 e. The van der Waals surface area contributed by atoms with Crippen LogP contribution in [-0.2, 0) is 0 Å². The number of aromatic nitrogens is 3. The van der Waals surface area contributed by atoms with E-state index in [1.54, 1.807) is 18.4 Å². The van der Waals surface area contributed by atoms with Crippen molar-refractivity contribution in [3.8, 4) is 0 Å². The zero-order valence-corrected chi connectivity index (χ0v) is 14.9. The fourth-order valence-electron chi connectivity index (χ4n) is 1.97. The Bertz CT molecular complexity index is 940. The van der Waals surface area contributed by atoms with E-state index in [2.05, 4.69) is 20.3 Å². The number of nitrogens with one attached hydrogen (secondary N) is 1. The van der Waals surface area contributed by atoms with Crippen LogP contribution < -0.4 is 5.32 Å². The third kappa shape index (κ3) is 4.82. The van der Waals surface area contributed by atoms with E-state index in [4.69, 9.17) is 39.2 Å². The van der Waals surface area contributed by atoms with Crippen molar-refractivity contribution in [3.05, 3.63) is 76.5 Å². The number of furan rings is 1. The highest BCUT2D eigenvalue weighted by Crippen LogP contribution is 2.23. The molecule has 2 aromatic heterocycles. The average Bonchev–Trinajstić information content (AvgIpc) is 3.05. The maximum absolute atomic E-state index is 5.95. The van der Waals surface area contributed by atoms with Gasteiger partial charge in [0.1, 0.15) is 5.58 Å². The summed E-state index contributed by atoms with van der Waals surface area (Å²) in [5.74, 6) is 0.248. The van der Waals surface area contributed by atoms with Crippen LogP contribution in [0, 0.1) is 0 Å². The van der Waals surface area contributed by atoms with Crippen LogP contribution >= 0.6 is 34.8 Å². The third-order valence-corrected chi connectivity index (χ3v) is 3.73. The highest BCUT2D eigenvalue weighted by molar-refractivity contribution is 6.33. The molecule has 0 fully saturated rings. The topological polar surface area (TPSA) is 63.8 Å². The summed E-state index contributed by atoms with van der Waals surface area (Å²) < 4.78 is 5.12. The predicted octanol–water partition coefficient (Wildman–Crippen LogP) is 6.01. The van der Waals surface area contributed by atoms with Gasteiger partial charge in [-0.15, -0.1) is 0 Å². The lowest BCUT2D eigenvalue weighted by molar-refractivity contribution is 0.616. The van der Waals surface area contributed by atoms with E-state index in [1.165, 1.54) is 0 Å². The Balaban J connectivity index is 0.000000170. The van der Waals surface area contributed by atoms with Gasteiger partial charge in [0.2, 0.25) is 16.5 Å². The van der Waals surface area contributed by atoms with Gasteiger partial charge < -0.3 is 9.73 Å². The van der Waals surface area contributed by atoms with Crippen LogP contribution in [0.25, 0.3) is 11.0 Å². The first kappa shape index (κ1) is 17.5. The minimum Gasteiger partial charge on any atom is -0.464 e. The molecule has 0 atom stereocenters. The van der Waals surface area contributed by atoms with Crippen molar-refractivity contribution in [2.75, 3.05) is 5.32 Å². The van der Waals surface area contributed by atoms with Gasteiger partial charge in [-0.05, 0) is 47.5 Å². The molecule has 0 amide bonds. The molecule has 126 valence electrons. The van der Waals surface area contributed by atoms with E-state index in [0.717, 1.165) is 11.0 Å². The number of rotatable bonds is 2. The number of halogens is 3. The van der Waals surface area contributed by atoms with Crippen molar-refractivity contribution in [1.82, 2.24) is 15.0 Å². The van der Waals surface area contributed by atoms with Gasteiger partial charge in [0.25, 0.3) is 0 Å². The summed E-state index contributed by atoms with van der Waals surface area (Å²) in [6, 6.07) is 17.1. The molecule has 0 aliphatic carbocycles. The van der Waals surface area contributed by atoms with E-state index in [-0.39, 0.29) is 16.5 Å². The van der Waals surface area contributed by atoms with Crippen LogP contribution in [0.15, 0.2) is 65.3 Å². The molecule has 0 bridgehead atoms. The van der Waals surface area contributed by atoms with Gasteiger partial charge >= 0.3 is 0 Å². The standard InChI is InChI=1S/C9H5Cl3N4.C8H6O/c10-5-3-1-2-4-6(5)13-9-15-7(11)14-8(12)16-9;1-2-4-8-7(3-1)5-6-9-8/h1-4H,(H,13,14,15,16);1-6H. The molecule has 0 aliphatic heterocycles. The summed E-state index contributed by atoms with van der Waals surface area (Å²) >= 11 is 17.2. The third-order valence-electron chi connectivity index (χ3n) is 3.06. The molecule has 0 aliphatic rings. The monoisotopic (exact) mass is 392 g/mol. The lowest BCUT2D eigenvalue weighted by Crippen LogP contribution is -1.99. The quantitative estimate of drug-likeness (QED) is 0.452. The van der Waals surface area contributed by atoms with Crippen LogP contribution in [0.5, 0.6) is 0 Å². The zero-order chi connectivity index (χ0) is 17.6. The molecule has 2 aromatic carbocycles. The Kier molecular flexibility index (Phi) is 5.71. The molecule has 0 radical (unpaired) electrons. The van der Waals surface area contributed by atoms with Gasteiger partial charge in [0, 0.05) is 5.39 Å². The highest BCUT2D eigenvalue weighted by Gasteiger charge is 2.05. The summed E-state index contributed by atoms with van der Waals surface area (Å²) in [4.78, 5) is 11.4. The minimum absolute atomic E-state index is 0.0227. The first-order chi connectivity index (χ1) is 12.1. The largest absolute Gasteiger partial charge is 0.464 e. The summed E-state index contributed by atoms with van der Waals surface area (Å²) in [7, 11) is 0. The first-order valence-corrected chi connectivity index (χ1v) is 8.26. The Labute approximate surface area is 158 Å². The summed E-state index contributed by atoms with van der Waals surface area (Å²) in [5, 5.41) is 4.65. The van der Waals surface area contributed by atoms with Crippen LogP contribution in [-0.4, -0.2) is 15.0 Å². The van der Waals surface area contributed by atoms with Crippen molar-refractivity contribution in [1.29, 1.82) is 0 Å². The SMILES string of the molecule is Clc1nc(Cl)nc(Nc2ccccc2Cl)n1.c1ccc2occc2c1. The fraction of sp³-hybridized carbons (Fsp3) is 0. The predicted molar refractivity (Wildman–Crippen MR) is 101 cm³/mol. The molecule has 4 aromatic rings. The second kappa shape index (κ2) is 8.16. The number of fused-ring (bicyclic) bond motifs is 1. The van der Waals surface area contributed by atoms with Gasteiger partial charge in [0.15, 0.2) is 0 Å². The maximum atomic E-state index is 5.95. The molecule has 0 saturated heterocycles. The number of anilines is 2. The summed E-state index contributed by atoms with van der Waals surface area (Å²) in [6.07, 6.45) is 1.70. The van der Waals surface area contributed by atoms with Gasteiger partial charge in [-0.3, -0.25) is 0 Å². The van der Waals surface area contributed by atoms with Gasteiger partial charge in [-0.1, -0.05) is 41.9 Å². The van der Waals surface area contributed by atoms with E-state index in [9.17, 15) is 0 Å². The number of hydrogen-bond donors (Lipinski definition) is 1. The molecular weight excluding hydrogens is 383 g/mol. The van der Waals surface area contributed by atoms with E-state index in [1.807, 2.05) is 42.5 Å². The fourth-order valence-corrected chi connectivity index (χ4v) is 2.52. The molecule has 8 heteroatoms. The molecule has 25 heavy (non-hydrogen) atoms. The second-order valence-corrected chi connectivity index (χ2v) is 5.84. The van der Waals surface area contributed by atoms with Gasteiger partial charge in [-0.25, -0.2) is 0 Å². The molecule has 4 rings (SSSR count). The van der Waals surface area contributed by atoms with Crippen molar-refractivity contribution in [2.45, 2.75) is 0 Å². The lowest BCUT2D eigenvalue weighted by Gasteiger charge is -2.06. The van der Waals surface area contributed by atoms with E-state index < -0.39 is 0 Å². The first-order valence-electron chi connectivity index (χ1n) is 7.13. The normalized spacial score (nSPS) is 10.2. The van der Waals surface area contributed by atoms with E-state index in [0.29, 0.717) is 10.7 Å². The van der Waals surface area contributed by atoms with Crippen LogP contribution in [0.2, 0.25) is 15.6 Å². The van der Waals surface area contributed by atoms with Crippen molar-refractivity contribution < 1.29 is 4.42 Å². The Morgan fingerprint density at radius 3 is 2.16 bits per heavy atom. The van der Waals surface area contributed by atoms with Crippen LogP contribution in [0.1, 0.15) is 0 Å². The van der Waals surface area contributed by atoms with Gasteiger partial charge in [0.05, 0.1) is 17.0 Å². The molecule has 2 heterocycles.